The van der Waals surface area contributed by atoms with Gasteiger partial charge in [-0.2, -0.15) is 0 Å². The molecule has 1 heterocycles. The minimum Gasteiger partial charge on any atom is -0.394 e. The second-order valence-electron chi connectivity index (χ2n) is 6.31. The van der Waals surface area contributed by atoms with E-state index in [1.165, 1.54) is 0 Å². The summed E-state index contributed by atoms with van der Waals surface area (Å²) in [6.45, 7) is 1.00. The topological polar surface area (TPSA) is 192 Å². The van der Waals surface area contributed by atoms with Crippen LogP contribution in [-0.4, -0.2) is 122 Å². The first-order valence-electron chi connectivity index (χ1n) is 8.60. The molecular weight excluding hydrogens is 354 g/mol. The number of aliphatic hydroxyl groups excluding tert-OH is 8. The molecule has 9 unspecified atom stereocenters. The Morgan fingerprint density at radius 2 is 1.65 bits per heavy atom. The van der Waals surface area contributed by atoms with E-state index in [1.54, 1.807) is 0 Å². The lowest BCUT2D eigenvalue weighted by molar-refractivity contribution is -0.327. The number of hydrogen-bond acceptors (Lipinski definition) is 11. The summed E-state index contributed by atoms with van der Waals surface area (Å²) in [6.07, 6.45) is -13.3. The van der Waals surface area contributed by atoms with Crippen molar-refractivity contribution in [2.24, 2.45) is 0 Å². The lowest BCUT2D eigenvalue weighted by Gasteiger charge is -2.42. The van der Waals surface area contributed by atoms with E-state index in [4.69, 9.17) is 14.6 Å². The van der Waals surface area contributed by atoms with Crippen molar-refractivity contribution in [3.63, 3.8) is 0 Å². The van der Waals surface area contributed by atoms with Gasteiger partial charge in [-0.25, -0.2) is 0 Å². The first-order chi connectivity index (χ1) is 12.3. The third-order valence-corrected chi connectivity index (χ3v) is 4.22. The molecule has 0 aromatic heterocycles. The van der Waals surface area contributed by atoms with Crippen molar-refractivity contribution >= 4 is 0 Å². The van der Waals surface area contributed by atoms with Crippen molar-refractivity contribution in [1.82, 2.24) is 5.32 Å². The highest BCUT2D eigenvalue weighted by atomic mass is 16.7. The van der Waals surface area contributed by atoms with Gasteiger partial charge >= 0.3 is 0 Å². The minimum atomic E-state index is -1.75. The zero-order valence-electron chi connectivity index (χ0n) is 14.6. The largest absolute Gasteiger partial charge is 0.394 e. The first kappa shape index (κ1) is 23.6. The molecule has 0 radical (unpaired) electrons. The van der Waals surface area contributed by atoms with E-state index in [-0.39, 0.29) is 6.54 Å². The highest BCUT2D eigenvalue weighted by Crippen LogP contribution is 2.24. The van der Waals surface area contributed by atoms with Crippen LogP contribution >= 0.6 is 0 Å². The van der Waals surface area contributed by atoms with Crippen molar-refractivity contribution in [3.8, 4) is 0 Å². The molecule has 1 saturated heterocycles. The molecule has 26 heavy (non-hydrogen) atoms. The second-order valence-corrected chi connectivity index (χ2v) is 6.31. The lowest BCUT2D eigenvalue weighted by atomic mass is 9.98. The molecule has 1 aliphatic heterocycles. The maximum Gasteiger partial charge on any atom is 0.187 e. The SMILES string of the molecule is CCCNCC(O)C(O)C(OC1OC(CO)C(O)C(O)C1O)C(O)CO. The molecule has 1 fully saturated rings. The fourth-order valence-corrected chi connectivity index (χ4v) is 2.60. The van der Waals surface area contributed by atoms with Crippen LogP contribution in [0.2, 0.25) is 0 Å². The van der Waals surface area contributed by atoms with Crippen molar-refractivity contribution < 1.29 is 50.3 Å². The highest BCUT2D eigenvalue weighted by molar-refractivity contribution is 4.91. The highest BCUT2D eigenvalue weighted by Gasteiger charge is 2.46. The summed E-state index contributed by atoms with van der Waals surface area (Å²) in [7, 11) is 0. The summed E-state index contributed by atoms with van der Waals surface area (Å²) >= 11 is 0. The summed E-state index contributed by atoms with van der Waals surface area (Å²) < 4.78 is 10.4. The zero-order chi connectivity index (χ0) is 19.9. The van der Waals surface area contributed by atoms with Gasteiger partial charge in [0.05, 0.1) is 19.3 Å². The predicted molar refractivity (Wildman–Crippen MR) is 86.9 cm³/mol. The van der Waals surface area contributed by atoms with Gasteiger partial charge in [0, 0.05) is 6.54 Å². The van der Waals surface area contributed by atoms with Crippen LogP contribution in [0.3, 0.4) is 0 Å². The van der Waals surface area contributed by atoms with Crippen LogP contribution in [0.5, 0.6) is 0 Å². The summed E-state index contributed by atoms with van der Waals surface area (Å²) in [5.74, 6) is 0. The van der Waals surface area contributed by atoms with Gasteiger partial charge in [-0.05, 0) is 13.0 Å². The van der Waals surface area contributed by atoms with Crippen LogP contribution in [0, 0.1) is 0 Å². The third-order valence-electron chi connectivity index (χ3n) is 4.22. The van der Waals surface area contributed by atoms with Crippen LogP contribution in [0.25, 0.3) is 0 Å². The molecule has 0 aliphatic carbocycles. The van der Waals surface area contributed by atoms with Gasteiger partial charge in [0.25, 0.3) is 0 Å². The van der Waals surface area contributed by atoms with E-state index < -0.39 is 68.3 Å². The maximum absolute atomic E-state index is 10.3. The van der Waals surface area contributed by atoms with Crippen molar-refractivity contribution in [3.05, 3.63) is 0 Å². The second kappa shape index (κ2) is 11.4. The molecule has 1 rings (SSSR count). The van der Waals surface area contributed by atoms with Crippen molar-refractivity contribution in [1.29, 1.82) is 0 Å². The summed E-state index contributed by atoms with van der Waals surface area (Å²) in [5, 5.41) is 80.9. The molecule has 156 valence electrons. The monoisotopic (exact) mass is 385 g/mol. The van der Waals surface area contributed by atoms with E-state index in [1.807, 2.05) is 6.92 Å². The fourth-order valence-electron chi connectivity index (χ4n) is 2.60. The molecule has 11 heteroatoms. The van der Waals surface area contributed by atoms with E-state index in [0.717, 1.165) is 6.42 Å². The van der Waals surface area contributed by atoms with Gasteiger partial charge in [-0.1, -0.05) is 6.92 Å². The summed E-state index contributed by atoms with van der Waals surface area (Å²) in [6, 6.07) is 0. The molecular formula is C15H31NO10. The van der Waals surface area contributed by atoms with Gasteiger partial charge in [-0.3, -0.25) is 0 Å². The average Bonchev–Trinajstić information content (AvgIpc) is 2.64. The van der Waals surface area contributed by atoms with Crippen LogP contribution < -0.4 is 5.32 Å². The smallest absolute Gasteiger partial charge is 0.187 e. The number of rotatable bonds is 11. The Bertz CT molecular complexity index is 387. The molecule has 11 nitrogen and oxygen atoms in total. The molecule has 0 amide bonds. The van der Waals surface area contributed by atoms with Crippen molar-refractivity contribution in [2.45, 2.75) is 68.5 Å². The quantitative estimate of drug-likeness (QED) is 0.155. The van der Waals surface area contributed by atoms with E-state index in [2.05, 4.69) is 5.32 Å². The minimum absolute atomic E-state index is 0.0122. The lowest BCUT2D eigenvalue weighted by Crippen LogP contribution is -2.61. The molecule has 0 aromatic carbocycles. The van der Waals surface area contributed by atoms with Gasteiger partial charge in [-0.15, -0.1) is 0 Å². The third kappa shape index (κ3) is 6.04. The van der Waals surface area contributed by atoms with Gasteiger partial charge in [0.2, 0.25) is 0 Å². The summed E-state index contributed by atoms with van der Waals surface area (Å²) in [5.41, 5.74) is 0. The van der Waals surface area contributed by atoms with Crippen LogP contribution in [0.15, 0.2) is 0 Å². The van der Waals surface area contributed by atoms with Crippen LogP contribution in [-0.2, 0) is 9.47 Å². The molecule has 0 saturated carbocycles. The standard InChI is InChI=1S/C15H31NO10/c1-2-3-16-4-7(19)10(21)14(8(20)5-17)26-15-13(24)12(23)11(22)9(6-18)25-15/h7-24H,2-6H2,1H3. The molecule has 0 aromatic rings. The number of ether oxygens (including phenoxy) is 2. The van der Waals surface area contributed by atoms with E-state index in [9.17, 15) is 35.7 Å². The summed E-state index contributed by atoms with van der Waals surface area (Å²) in [4.78, 5) is 0. The fraction of sp³-hybridized carbons (Fsp3) is 1.00. The Morgan fingerprint density at radius 3 is 2.19 bits per heavy atom. The number of nitrogens with one attached hydrogen (secondary N) is 1. The Kier molecular flexibility index (Phi) is 10.4. The van der Waals surface area contributed by atoms with Gasteiger partial charge in [0.1, 0.15) is 42.7 Å². The number of aliphatic hydroxyl groups is 8. The normalized spacial score (nSPS) is 34.3. The van der Waals surface area contributed by atoms with Crippen molar-refractivity contribution in [2.75, 3.05) is 26.3 Å². The predicted octanol–water partition coefficient (Wildman–Crippen LogP) is -4.75. The Labute approximate surface area is 151 Å². The van der Waals surface area contributed by atoms with Crippen LogP contribution in [0.4, 0.5) is 0 Å². The zero-order valence-corrected chi connectivity index (χ0v) is 14.6. The van der Waals surface area contributed by atoms with E-state index >= 15 is 0 Å². The molecule has 1 aliphatic rings. The molecule has 9 N–H and O–H groups in total. The molecule has 0 bridgehead atoms. The van der Waals surface area contributed by atoms with Gasteiger partial charge in [0.15, 0.2) is 6.29 Å². The number of hydrogen-bond donors (Lipinski definition) is 9. The first-order valence-corrected chi connectivity index (χ1v) is 8.60. The van der Waals surface area contributed by atoms with E-state index in [0.29, 0.717) is 6.54 Å². The molecule has 9 atom stereocenters. The molecule has 0 spiro atoms. The van der Waals surface area contributed by atoms with Gasteiger partial charge < -0.3 is 55.6 Å². The Balaban J connectivity index is 2.82. The van der Waals surface area contributed by atoms with Crippen LogP contribution in [0.1, 0.15) is 13.3 Å². The Hall–Kier alpha value is -0.440. The Morgan fingerprint density at radius 1 is 1.00 bits per heavy atom. The maximum atomic E-state index is 10.3. The average molecular weight is 385 g/mol.